The quantitative estimate of drug-likeness (QED) is 0.581. The number of nitrogens with zero attached hydrogens (tertiary/aromatic N) is 1. The minimum Gasteiger partial charge on any atom is -0.353 e. The van der Waals surface area contributed by atoms with Gasteiger partial charge in [-0.05, 0) is 79.1 Å². The van der Waals surface area contributed by atoms with E-state index in [4.69, 9.17) is 0 Å². The fourth-order valence-corrected chi connectivity index (χ4v) is 9.14. The van der Waals surface area contributed by atoms with Crippen LogP contribution in [0.4, 0.5) is 0 Å². The number of nitrogens with one attached hydrogen (secondary N) is 1. The first-order chi connectivity index (χ1) is 15.9. The lowest BCUT2D eigenvalue weighted by atomic mass is 9.36. The number of hydrogen-bond donors (Lipinski definition) is 1. The molecule has 7 atom stereocenters. The van der Waals surface area contributed by atoms with E-state index < -0.39 is 5.41 Å². The van der Waals surface area contributed by atoms with Gasteiger partial charge in [0.25, 0.3) is 0 Å². The summed E-state index contributed by atoms with van der Waals surface area (Å²) in [6, 6.07) is 2.12. The highest BCUT2D eigenvalue weighted by Gasteiger charge is 2.68. The lowest BCUT2D eigenvalue weighted by Gasteiger charge is -2.68. The van der Waals surface area contributed by atoms with Crippen molar-refractivity contribution in [1.29, 1.82) is 5.26 Å². The molecule has 182 valence electrons. The topological polar surface area (TPSA) is 87.0 Å². The van der Waals surface area contributed by atoms with Crippen LogP contribution in [-0.4, -0.2) is 23.5 Å². The van der Waals surface area contributed by atoms with Crippen LogP contribution in [0.2, 0.25) is 0 Å². The molecule has 34 heavy (non-hydrogen) atoms. The van der Waals surface area contributed by atoms with Crippen LogP contribution in [0.25, 0.3) is 0 Å². The molecule has 0 saturated heterocycles. The van der Waals surface area contributed by atoms with Crippen LogP contribution in [0.1, 0.15) is 86.0 Å². The number of Topliss-reactive ketones (excluding diaryl/α,β-unsaturated/α-hetero) is 1. The summed E-state index contributed by atoms with van der Waals surface area (Å²) in [5, 5.41) is 12.8. The summed E-state index contributed by atoms with van der Waals surface area (Å²) in [6.45, 7) is 11.4. The molecule has 1 amide bonds. The second-order valence-corrected chi connectivity index (χ2v) is 13.4. The zero-order valence-electron chi connectivity index (χ0n) is 21.3. The predicted molar refractivity (Wildman–Crippen MR) is 129 cm³/mol. The molecular weight excluding hydrogens is 424 g/mol. The lowest BCUT2D eigenvalue weighted by molar-refractivity contribution is -0.159. The van der Waals surface area contributed by atoms with Crippen molar-refractivity contribution in [1.82, 2.24) is 5.32 Å². The van der Waals surface area contributed by atoms with E-state index in [1.165, 1.54) is 0 Å². The second-order valence-electron chi connectivity index (χ2n) is 13.4. The molecule has 0 aromatic rings. The molecule has 5 heteroatoms. The Morgan fingerprint density at radius 3 is 2.44 bits per heavy atom. The lowest BCUT2D eigenvalue weighted by Crippen LogP contribution is -2.68. The average molecular weight is 463 g/mol. The number of allylic oxidation sites excluding steroid dienone is 4. The molecule has 3 fully saturated rings. The van der Waals surface area contributed by atoms with Gasteiger partial charge in [0.1, 0.15) is 6.07 Å². The van der Waals surface area contributed by atoms with Crippen molar-refractivity contribution in [3.63, 3.8) is 0 Å². The Balaban J connectivity index is 1.67. The normalized spacial score (nSPS) is 47.0. The third kappa shape index (κ3) is 2.87. The van der Waals surface area contributed by atoms with Crippen LogP contribution in [-0.2, 0) is 14.4 Å². The van der Waals surface area contributed by atoms with Crippen molar-refractivity contribution in [2.75, 3.05) is 0 Å². The number of fused-ring (bicyclic) bond motifs is 7. The molecule has 5 rings (SSSR count). The van der Waals surface area contributed by atoms with E-state index in [1.54, 1.807) is 0 Å². The van der Waals surface area contributed by atoms with Gasteiger partial charge >= 0.3 is 0 Å². The summed E-state index contributed by atoms with van der Waals surface area (Å²) in [4.78, 5) is 38.4. The Morgan fingerprint density at radius 2 is 1.76 bits per heavy atom. The van der Waals surface area contributed by atoms with Crippen molar-refractivity contribution in [2.45, 2.75) is 91.5 Å². The molecule has 5 nitrogen and oxygen atoms in total. The van der Waals surface area contributed by atoms with E-state index in [2.05, 4.69) is 46.0 Å². The van der Waals surface area contributed by atoms with Crippen LogP contribution in [0.15, 0.2) is 23.3 Å². The summed E-state index contributed by atoms with van der Waals surface area (Å²) in [5.74, 6) is 0.238. The minimum absolute atomic E-state index is 0.0628. The number of nitriles is 1. The number of amides is 1. The smallest absolute Gasteiger partial charge is 0.207 e. The van der Waals surface area contributed by atoms with Gasteiger partial charge in [-0.1, -0.05) is 46.3 Å². The van der Waals surface area contributed by atoms with Crippen LogP contribution in [0.3, 0.4) is 0 Å². The van der Waals surface area contributed by atoms with Gasteiger partial charge in [0.05, 0.1) is 5.57 Å². The molecule has 7 unspecified atom stereocenters. The highest BCUT2D eigenvalue weighted by atomic mass is 16.1. The molecule has 3 saturated carbocycles. The fourth-order valence-electron chi connectivity index (χ4n) is 9.14. The third-order valence-corrected chi connectivity index (χ3v) is 11.4. The summed E-state index contributed by atoms with van der Waals surface area (Å²) < 4.78 is 0. The summed E-state index contributed by atoms with van der Waals surface area (Å²) >= 11 is 0. The van der Waals surface area contributed by atoms with E-state index in [0.717, 1.165) is 56.9 Å². The number of ketones is 2. The Bertz CT molecular complexity index is 1080. The van der Waals surface area contributed by atoms with Crippen LogP contribution >= 0.6 is 0 Å². The number of rotatable bonds is 2. The highest BCUT2D eigenvalue weighted by molar-refractivity contribution is 6.01. The number of carbonyl (C=O) groups is 3. The average Bonchev–Trinajstić information content (AvgIpc) is 2.76. The SMILES string of the molecule is CC1(C)CCC2(NC=O)CCC3(C)C(C(=O)C=C4C5(C)C=C(C#N)C(=O)CC5CCC43C)C2C1. The molecule has 0 bridgehead atoms. The second kappa shape index (κ2) is 7.15. The van der Waals surface area contributed by atoms with Gasteiger partial charge in [-0.15, -0.1) is 0 Å². The standard InChI is InChI=1S/C29H38N2O3/c1-25(2)8-10-29(31-17-32)11-9-28(5)24(20(29)15-25)22(34)13-23-26(3)14-18(16-30)21(33)12-19(26)6-7-27(23,28)4/h13-14,17,19-20,24H,6-12,15H2,1-5H3,(H,31,32). The van der Waals surface area contributed by atoms with E-state index in [0.29, 0.717) is 6.42 Å². The molecule has 1 N–H and O–H groups in total. The maximum absolute atomic E-state index is 14.1. The van der Waals surface area contributed by atoms with Crippen molar-refractivity contribution >= 4 is 18.0 Å². The van der Waals surface area contributed by atoms with Crippen LogP contribution in [0, 0.1) is 50.7 Å². The summed E-state index contributed by atoms with van der Waals surface area (Å²) in [7, 11) is 0. The molecular formula is C29H38N2O3. The van der Waals surface area contributed by atoms with Gasteiger partial charge in [-0.2, -0.15) is 5.26 Å². The Labute approximate surface area is 203 Å². The maximum Gasteiger partial charge on any atom is 0.207 e. The van der Waals surface area contributed by atoms with Crippen molar-refractivity contribution in [2.24, 2.45) is 39.4 Å². The van der Waals surface area contributed by atoms with Gasteiger partial charge in [-0.25, -0.2) is 0 Å². The molecule has 5 aliphatic carbocycles. The zero-order valence-corrected chi connectivity index (χ0v) is 21.3. The zero-order chi connectivity index (χ0) is 24.7. The number of carbonyl (C=O) groups excluding carboxylic acids is 3. The van der Waals surface area contributed by atoms with E-state index >= 15 is 0 Å². The van der Waals surface area contributed by atoms with Gasteiger partial charge in [0, 0.05) is 23.3 Å². The largest absolute Gasteiger partial charge is 0.353 e. The first-order valence-electron chi connectivity index (χ1n) is 13.0. The molecule has 0 spiro atoms. The predicted octanol–water partition coefficient (Wildman–Crippen LogP) is 5.07. The minimum atomic E-state index is -0.447. The molecule has 0 aliphatic heterocycles. The first-order valence-corrected chi connectivity index (χ1v) is 13.0. The molecule has 0 aromatic heterocycles. The van der Waals surface area contributed by atoms with Gasteiger partial charge in [0.2, 0.25) is 6.41 Å². The van der Waals surface area contributed by atoms with Crippen molar-refractivity contribution < 1.29 is 14.4 Å². The van der Waals surface area contributed by atoms with Gasteiger partial charge in [0.15, 0.2) is 11.6 Å². The molecule has 0 aromatic carbocycles. The Kier molecular flexibility index (Phi) is 4.95. The summed E-state index contributed by atoms with van der Waals surface area (Å²) in [6.07, 6.45) is 11.6. The maximum atomic E-state index is 14.1. The van der Waals surface area contributed by atoms with Gasteiger partial charge in [-0.3, -0.25) is 14.4 Å². The van der Waals surface area contributed by atoms with Crippen molar-refractivity contribution in [3.8, 4) is 6.07 Å². The Morgan fingerprint density at radius 1 is 1.06 bits per heavy atom. The first kappa shape index (κ1) is 23.5. The Hall–Kier alpha value is -2.22. The van der Waals surface area contributed by atoms with E-state index in [9.17, 15) is 19.6 Å². The summed E-state index contributed by atoms with van der Waals surface area (Å²) in [5.41, 5.74) is 0.350. The van der Waals surface area contributed by atoms with Crippen LogP contribution < -0.4 is 5.32 Å². The van der Waals surface area contributed by atoms with E-state index in [1.807, 2.05) is 12.2 Å². The van der Waals surface area contributed by atoms with E-state index in [-0.39, 0.29) is 56.7 Å². The molecule has 0 radical (unpaired) electrons. The highest BCUT2D eigenvalue weighted by Crippen LogP contribution is 2.72. The molecule has 5 aliphatic rings. The van der Waals surface area contributed by atoms with Crippen molar-refractivity contribution in [3.05, 3.63) is 23.3 Å². The monoisotopic (exact) mass is 462 g/mol. The third-order valence-electron chi connectivity index (χ3n) is 11.4. The molecule has 0 heterocycles. The van der Waals surface area contributed by atoms with Crippen LogP contribution in [0.5, 0.6) is 0 Å². The number of hydrogen-bond acceptors (Lipinski definition) is 4. The van der Waals surface area contributed by atoms with Gasteiger partial charge < -0.3 is 5.32 Å². The fraction of sp³-hybridized carbons (Fsp3) is 0.724.